The molecule has 1 aromatic carbocycles. The molecule has 0 aliphatic carbocycles. The third-order valence-corrected chi connectivity index (χ3v) is 5.35. The average molecular weight is 376 g/mol. The standard InChI is InChI=1S/C21H24N6O/c1-15-4-5-18(14-16(15)2)21(28)26-12-10-25(11-13-26)19-6-7-20(24-23-19)27-9-8-22-17(27)3/h4-9,14H,10-13H2,1-3H3. The zero-order valence-electron chi connectivity index (χ0n) is 16.5. The van der Waals surface area contributed by atoms with Crippen molar-refractivity contribution in [1.29, 1.82) is 0 Å². The molecular weight excluding hydrogens is 352 g/mol. The van der Waals surface area contributed by atoms with E-state index in [1.54, 1.807) is 6.20 Å². The third kappa shape index (κ3) is 3.47. The van der Waals surface area contributed by atoms with Crippen LogP contribution in [-0.4, -0.2) is 56.7 Å². The zero-order chi connectivity index (χ0) is 19.7. The maximum Gasteiger partial charge on any atom is 0.253 e. The van der Waals surface area contributed by atoms with Crippen molar-refractivity contribution >= 4 is 11.7 Å². The van der Waals surface area contributed by atoms with E-state index in [4.69, 9.17) is 0 Å². The first-order chi connectivity index (χ1) is 13.5. The quantitative estimate of drug-likeness (QED) is 0.703. The number of nitrogens with zero attached hydrogens (tertiary/aromatic N) is 6. The van der Waals surface area contributed by atoms with Crippen LogP contribution in [-0.2, 0) is 0 Å². The molecule has 3 heterocycles. The van der Waals surface area contributed by atoms with E-state index >= 15 is 0 Å². The van der Waals surface area contributed by atoms with Crippen molar-refractivity contribution in [2.45, 2.75) is 20.8 Å². The Morgan fingerprint density at radius 2 is 1.61 bits per heavy atom. The van der Waals surface area contributed by atoms with Gasteiger partial charge < -0.3 is 9.80 Å². The van der Waals surface area contributed by atoms with Gasteiger partial charge in [-0.15, -0.1) is 10.2 Å². The minimum Gasteiger partial charge on any atom is -0.352 e. The molecule has 0 spiro atoms. The second-order valence-electron chi connectivity index (χ2n) is 7.17. The van der Waals surface area contributed by atoms with Gasteiger partial charge in [-0.2, -0.15) is 0 Å². The maximum atomic E-state index is 12.8. The summed E-state index contributed by atoms with van der Waals surface area (Å²) in [7, 11) is 0. The number of aromatic nitrogens is 4. The molecule has 0 saturated carbocycles. The summed E-state index contributed by atoms with van der Waals surface area (Å²) in [6.07, 6.45) is 3.62. The van der Waals surface area contributed by atoms with E-state index in [0.29, 0.717) is 13.1 Å². The average Bonchev–Trinajstić information content (AvgIpc) is 3.16. The van der Waals surface area contributed by atoms with Gasteiger partial charge in [0, 0.05) is 44.1 Å². The highest BCUT2D eigenvalue weighted by Crippen LogP contribution is 2.17. The minimum absolute atomic E-state index is 0.0970. The minimum atomic E-state index is 0.0970. The van der Waals surface area contributed by atoms with Crippen molar-refractivity contribution in [1.82, 2.24) is 24.6 Å². The fourth-order valence-corrected chi connectivity index (χ4v) is 3.43. The predicted molar refractivity (Wildman–Crippen MR) is 108 cm³/mol. The van der Waals surface area contributed by atoms with Gasteiger partial charge >= 0.3 is 0 Å². The van der Waals surface area contributed by atoms with Crippen molar-refractivity contribution in [3.63, 3.8) is 0 Å². The topological polar surface area (TPSA) is 67.2 Å². The van der Waals surface area contributed by atoms with Gasteiger partial charge in [0.1, 0.15) is 5.82 Å². The van der Waals surface area contributed by atoms with Crippen LogP contribution in [0.15, 0.2) is 42.7 Å². The number of piperazine rings is 1. The number of benzene rings is 1. The van der Waals surface area contributed by atoms with Gasteiger partial charge in [0.2, 0.25) is 0 Å². The normalized spacial score (nSPS) is 14.4. The summed E-state index contributed by atoms with van der Waals surface area (Å²) in [5.41, 5.74) is 3.11. The van der Waals surface area contributed by atoms with Crippen LogP contribution in [0, 0.1) is 20.8 Å². The summed E-state index contributed by atoms with van der Waals surface area (Å²) < 4.78 is 1.90. The Hall–Kier alpha value is -3.22. The first-order valence-electron chi connectivity index (χ1n) is 9.48. The lowest BCUT2D eigenvalue weighted by atomic mass is 10.1. The molecule has 0 unspecified atom stereocenters. The highest BCUT2D eigenvalue weighted by molar-refractivity contribution is 5.94. The van der Waals surface area contributed by atoms with Crippen LogP contribution in [0.4, 0.5) is 5.82 Å². The molecule has 0 atom stereocenters. The number of hydrogen-bond acceptors (Lipinski definition) is 5. The molecule has 0 N–H and O–H groups in total. The molecule has 0 bridgehead atoms. The Labute approximate surface area is 164 Å². The van der Waals surface area contributed by atoms with Crippen molar-refractivity contribution in [2.24, 2.45) is 0 Å². The molecule has 4 rings (SSSR count). The number of aryl methyl sites for hydroxylation is 3. The van der Waals surface area contributed by atoms with Crippen LogP contribution in [0.3, 0.4) is 0 Å². The van der Waals surface area contributed by atoms with E-state index in [2.05, 4.69) is 27.0 Å². The largest absolute Gasteiger partial charge is 0.352 e. The Kier molecular flexibility index (Phi) is 4.81. The fraction of sp³-hybridized carbons (Fsp3) is 0.333. The van der Waals surface area contributed by atoms with Gasteiger partial charge in [0.25, 0.3) is 5.91 Å². The van der Waals surface area contributed by atoms with Crippen molar-refractivity contribution in [3.8, 4) is 5.82 Å². The molecule has 1 aliphatic heterocycles. The number of amides is 1. The smallest absolute Gasteiger partial charge is 0.253 e. The number of hydrogen-bond donors (Lipinski definition) is 0. The number of imidazole rings is 1. The maximum absolute atomic E-state index is 12.8. The van der Waals surface area contributed by atoms with Crippen LogP contribution in [0.5, 0.6) is 0 Å². The number of anilines is 1. The molecule has 1 aliphatic rings. The van der Waals surface area contributed by atoms with Crippen LogP contribution < -0.4 is 4.90 Å². The summed E-state index contributed by atoms with van der Waals surface area (Å²) in [6, 6.07) is 9.83. The lowest BCUT2D eigenvalue weighted by Crippen LogP contribution is -2.49. The summed E-state index contributed by atoms with van der Waals surface area (Å²) in [5.74, 6) is 2.56. The molecule has 3 aromatic rings. The summed E-state index contributed by atoms with van der Waals surface area (Å²) in [5, 5.41) is 8.70. The SMILES string of the molecule is Cc1ccc(C(=O)N2CCN(c3ccc(-n4ccnc4C)nn3)CC2)cc1C. The number of rotatable bonds is 3. The van der Waals surface area contributed by atoms with E-state index in [1.165, 1.54) is 5.56 Å². The van der Waals surface area contributed by atoms with E-state index < -0.39 is 0 Å². The lowest BCUT2D eigenvalue weighted by molar-refractivity contribution is 0.0746. The Morgan fingerprint density at radius 1 is 0.893 bits per heavy atom. The monoisotopic (exact) mass is 376 g/mol. The van der Waals surface area contributed by atoms with Crippen LogP contribution in [0.1, 0.15) is 27.3 Å². The lowest BCUT2D eigenvalue weighted by Gasteiger charge is -2.35. The number of carbonyl (C=O) groups excluding carboxylic acids is 1. The van der Waals surface area contributed by atoms with Crippen molar-refractivity contribution in [3.05, 3.63) is 65.2 Å². The van der Waals surface area contributed by atoms with Crippen LogP contribution in [0.2, 0.25) is 0 Å². The first-order valence-corrected chi connectivity index (χ1v) is 9.48. The summed E-state index contributed by atoms with van der Waals surface area (Å²) >= 11 is 0. The van der Waals surface area contributed by atoms with Gasteiger partial charge in [0.05, 0.1) is 0 Å². The zero-order valence-corrected chi connectivity index (χ0v) is 16.5. The molecule has 7 heteroatoms. The van der Waals surface area contributed by atoms with Gasteiger partial charge in [-0.25, -0.2) is 4.98 Å². The summed E-state index contributed by atoms with van der Waals surface area (Å²) in [6.45, 7) is 8.87. The Morgan fingerprint density at radius 3 is 2.21 bits per heavy atom. The Balaban J connectivity index is 1.40. The molecule has 1 saturated heterocycles. The van der Waals surface area contributed by atoms with E-state index in [0.717, 1.165) is 41.7 Å². The predicted octanol–water partition coefficient (Wildman–Crippen LogP) is 2.55. The van der Waals surface area contributed by atoms with Crippen LogP contribution >= 0.6 is 0 Å². The second-order valence-corrected chi connectivity index (χ2v) is 7.17. The van der Waals surface area contributed by atoms with Crippen LogP contribution in [0.25, 0.3) is 5.82 Å². The van der Waals surface area contributed by atoms with Crippen molar-refractivity contribution in [2.75, 3.05) is 31.1 Å². The molecular formula is C21H24N6O. The molecule has 2 aromatic heterocycles. The number of carbonyl (C=O) groups is 1. The van der Waals surface area contributed by atoms with Crippen molar-refractivity contribution < 1.29 is 4.79 Å². The fourth-order valence-electron chi connectivity index (χ4n) is 3.43. The third-order valence-electron chi connectivity index (χ3n) is 5.35. The molecule has 1 fully saturated rings. The second kappa shape index (κ2) is 7.42. The Bertz CT molecular complexity index is 986. The van der Waals surface area contributed by atoms with E-state index in [-0.39, 0.29) is 5.91 Å². The molecule has 0 radical (unpaired) electrons. The van der Waals surface area contributed by atoms with Gasteiger partial charge in [-0.1, -0.05) is 6.07 Å². The molecule has 28 heavy (non-hydrogen) atoms. The first kappa shape index (κ1) is 18.2. The highest BCUT2D eigenvalue weighted by Gasteiger charge is 2.23. The van der Waals surface area contributed by atoms with E-state index in [9.17, 15) is 4.79 Å². The van der Waals surface area contributed by atoms with Gasteiger partial charge in [-0.3, -0.25) is 9.36 Å². The molecule has 144 valence electrons. The molecule has 7 nitrogen and oxygen atoms in total. The molecule has 1 amide bonds. The highest BCUT2D eigenvalue weighted by atomic mass is 16.2. The van der Waals surface area contributed by atoms with Gasteiger partial charge in [-0.05, 0) is 56.2 Å². The van der Waals surface area contributed by atoms with E-state index in [1.807, 2.05) is 59.8 Å². The van der Waals surface area contributed by atoms with Gasteiger partial charge in [0.15, 0.2) is 11.6 Å². The summed E-state index contributed by atoms with van der Waals surface area (Å²) in [4.78, 5) is 21.1.